The van der Waals surface area contributed by atoms with Gasteiger partial charge in [-0.2, -0.15) is 0 Å². The molecule has 20 heavy (non-hydrogen) atoms. The number of aromatic nitrogens is 1. The normalized spacial score (nSPS) is 10.8. The molecule has 3 nitrogen and oxygen atoms in total. The third kappa shape index (κ3) is 2.65. The van der Waals surface area contributed by atoms with Crippen molar-refractivity contribution in [2.45, 2.75) is 19.9 Å². The highest BCUT2D eigenvalue weighted by molar-refractivity contribution is 6.67. The van der Waals surface area contributed by atoms with Crippen molar-refractivity contribution in [3.8, 4) is 11.3 Å². The second kappa shape index (κ2) is 5.59. The number of pyridine rings is 1. The van der Waals surface area contributed by atoms with Gasteiger partial charge in [0.05, 0.1) is 11.3 Å². The molecule has 0 N–H and O–H groups in total. The largest absolute Gasteiger partial charge is 0.305 e. The summed E-state index contributed by atoms with van der Waals surface area (Å²) < 4.78 is 14.5. The lowest BCUT2D eigenvalue weighted by atomic mass is 10.1. The van der Waals surface area contributed by atoms with Crippen LogP contribution in [0.2, 0.25) is 0 Å². The maximum atomic E-state index is 13.0. The Bertz CT molecular complexity index is 705. The number of hydrogen-bond donors (Lipinski definition) is 0. The van der Waals surface area contributed by atoms with Crippen molar-refractivity contribution in [1.82, 2.24) is 4.57 Å². The summed E-state index contributed by atoms with van der Waals surface area (Å²) >= 11 is 5.40. The van der Waals surface area contributed by atoms with Gasteiger partial charge in [0.15, 0.2) is 0 Å². The fourth-order valence-corrected chi connectivity index (χ4v) is 2.22. The topological polar surface area (TPSA) is 39.1 Å². The first-order chi connectivity index (χ1) is 9.41. The monoisotopic (exact) mass is 293 g/mol. The van der Waals surface area contributed by atoms with E-state index in [-0.39, 0.29) is 17.4 Å². The van der Waals surface area contributed by atoms with Crippen LogP contribution in [0, 0.1) is 5.82 Å². The van der Waals surface area contributed by atoms with E-state index in [1.807, 2.05) is 13.8 Å². The minimum Gasteiger partial charge on any atom is -0.305 e. The summed E-state index contributed by atoms with van der Waals surface area (Å²) in [4.78, 5) is 23.5. The molecule has 0 saturated carbocycles. The number of rotatable bonds is 3. The molecular weight excluding hydrogens is 281 g/mol. The molecule has 0 aliphatic rings. The first-order valence-electron chi connectivity index (χ1n) is 6.13. The zero-order valence-electron chi connectivity index (χ0n) is 11.1. The third-order valence-corrected chi connectivity index (χ3v) is 3.19. The average molecular weight is 294 g/mol. The Balaban J connectivity index is 2.71. The van der Waals surface area contributed by atoms with Gasteiger partial charge in [0.25, 0.3) is 10.8 Å². The van der Waals surface area contributed by atoms with Crippen molar-refractivity contribution in [3.63, 3.8) is 0 Å². The van der Waals surface area contributed by atoms with E-state index in [9.17, 15) is 14.0 Å². The van der Waals surface area contributed by atoms with Crippen LogP contribution in [0.15, 0.2) is 41.2 Å². The molecule has 0 aliphatic heterocycles. The van der Waals surface area contributed by atoms with Gasteiger partial charge in [-0.15, -0.1) is 0 Å². The van der Waals surface area contributed by atoms with Crippen LogP contribution in [0.4, 0.5) is 4.39 Å². The lowest BCUT2D eigenvalue weighted by Crippen LogP contribution is -2.27. The summed E-state index contributed by atoms with van der Waals surface area (Å²) in [5, 5.41) is -0.782. The molecule has 1 aromatic carbocycles. The first-order valence-corrected chi connectivity index (χ1v) is 6.51. The highest BCUT2D eigenvalue weighted by Gasteiger charge is 2.16. The summed E-state index contributed by atoms with van der Waals surface area (Å²) in [5.74, 6) is -0.347. The van der Waals surface area contributed by atoms with Crippen LogP contribution in [0.1, 0.15) is 30.2 Å². The number of carbonyl (C=O) groups excluding carboxylic acids is 1. The van der Waals surface area contributed by atoms with E-state index >= 15 is 0 Å². The van der Waals surface area contributed by atoms with Gasteiger partial charge >= 0.3 is 0 Å². The Morgan fingerprint density at radius 1 is 1.15 bits per heavy atom. The predicted octanol–water partition coefficient (Wildman–Crippen LogP) is 3.61. The molecule has 0 aliphatic carbocycles. The van der Waals surface area contributed by atoms with Gasteiger partial charge in [0.1, 0.15) is 5.82 Å². The Morgan fingerprint density at radius 3 is 2.25 bits per heavy atom. The van der Waals surface area contributed by atoms with Gasteiger partial charge in [-0.3, -0.25) is 9.59 Å². The molecule has 0 fully saturated rings. The van der Waals surface area contributed by atoms with E-state index < -0.39 is 10.8 Å². The number of nitrogens with zero attached hydrogens (tertiary/aromatic N) is 1. The Morgan fingerprint density at radius 2 is 1.75 bits per heavy atom. The minimum absolute atomic E-state index is 0.0637. The highest BCUT2D eigenvalue weighted by Crippen LogP contribution is 2.22. The van der Waals surface area contributed by atoms with Crippen LogP contribution in [0.5, 0.6) is 0 Å². The molecule has 2 aromatic rings. The maximum Gasteiger partial charge on any atom is 0.263 e. The van der Waals surface area contributed by atoms with Crippen LogP contribution >= 0.6 is 11.6 Å². The van der Waals surface area contributed by atoms with Crippen molar-refractivity contribution < 1.29 is 9.18 Å². The van der Waals surface area contributed by atoms with E-state index in [2.05, 4.69) is 0 Å². The van der Waals surface area contributed by atoms with Crippen LogP contribution in [0.3, 0.4) is 0 Å². The van der Waals surface area contributed by atoms with Gasteiger partial charge < -0.3 is 4.57 Å². The lowest BCUT2D eigenvalue weighted by molar-refractivity contribution is 0.107. The van der Waals surface area contributed by atoms with E-state index in [0.717, 1.165) is 0 Å². The molecule has 0 amide bonds. The molecule has 0 atom stereocenters. The number of carbonyl (C=O) groups is 1. The molecule has 0 radical (unpaired) electrons. The van der Waals surface area contributed by atoms with Gasteiger partial charge in [0.2, 0.25) is 0 Å². The SMILES string of the molecule is CC(C)n1c(-c2ccc(F)cc2)ccc(C(=O)Cl)c1=O. The van der Waals surface area contributed by atoms with Gasteiger partial charge in [0, 0.05) is 6.04 Å². The lowest BCUT2D eigenvalue weighted by Gasteiger charge is -2.17. The van der Waals surface area contributed by atoms with E-state index in [4.69, 9.17) is 11.6 Å². The number of hydrogen-bond acceptors (Lipinski definition) is 2. The molecule has 0 bridgehead atoms. The van der Waals surface area contributed by atoms with E-state index in [1.54, 1.807) is 18.2 Å². The van der Waals surface area contributed by atoms with Crippen molar-refractivity contribution in [2.75, 3.05) is 0 Å². The fourth-order valence-electron chi connectivity index (χ4n) is 2.07. The average Bonchev–Trinajstić information content (AvgIpc) is 2.38. The first kappa shape index (κ1) is 14.5. The minimum atomic E-state index is -0.782. The molecule has 1 aromatic heterocycles. The van der Waals surface area contributed by atoms with Crippen molar-refractivity contribution in [1.29, 1.82) is 0 Å². The summed E-state index contributed by atoms with van der Waals surface area (Å²) in [6.45, 7) is 3.66. The van der Waals surface area contributed by atoms with Gasteiger partial charge in [-0.1, -0.05) is 0 Å². The summed E-state index contributed by atoms with van der Waals surface area (Å²) in [5.41, 5.74) is 0.811. The summed E-state index contributed by atoms with van der Waals surface area (Å²) in [6.07, 6.45) is 0. The zero-order valence-corrected chi connectivity index (χ0v) is 11.8. The van der Waals surface area contributed by atoms with E-state index in [1.165, 1.54) is 22.8 Å². The Labute approximate surface area is 120 Å². The number of halogens is 2. The highest BCUT2D eigenvalue weighted by atomic mass is 35.5. The second-order valence-electron chi connectivity index (χ2n) is 4.68. The summed E-state index contributed by atoms with van der Waals surface area (Å²) in [6, 6.07) is 8.71. The Hall–Kier alpha value is -1.94. The van der Waals surface area contributed by atoms with Crippen LogP contribution in [-0.2, 0) is 0 Å². The van der Waals surface area contributed by atoms with Gasteiger partial charge in [-0.25, -0.2) is 4.39 Å². The van der Waals surface area contributed by atoms with E-state index in [0.29, 0.717) is 11.3 Å². The van der Waals surface area contributed by atoms with Crippen LogP contribution < -0.4 is 5.56 Å². The molecule has 104 valence electrons. The maximum absolute atomic E-state index is 13.0. The standard InChI is InChI=1S/C15H13ClFNO2/c1-9(2)18-13(10-3-5-11(17)6-4-10)8-7-12(14(16)19)15(18)20/h3-9H,1-2H3. The molecule has 1 heterocycles. The predicted molar refractivity (Wildman–Crippen MR) is 76.7 cm³/mol. The molecule has 5 heteroatoms. The molecule has 0 spiro atoms. The number of benzene rings is 1. The third-order valence-electron chi connectivity index (χ3n) is 2.98. The molecule has 0 saturated heterocycles. The van der Waals surface area contributed by atoms with Crippen molar-refractivity contribution in [3.05, 3.63) is 58.1 Å². The quantitative estimate of drug-likeness (QED) is 0.811. The van der Waals surface area contributed by atoms with Crippen LogP contribution in [0.25, 0.3) is 11.3 Å². The Kier molecular flexibility index (Phi) is 4.04. The molecule has 0 unspecified atom stereocenters. The van der Waals surface area contributed by atoms with Crippen LogP contribution in [-0.4, -0.2) is 9.81 Å². The molecular formula is C15H13ClFNO2. The zero-order chi connectivity index (χ0) is 14.9. The fraction of sp³-hybridized carbons (Fsp3) is 0.200. The van der Waals surface area contributed by atoms with Crippen molar-refractivity contribution in [2.24, 2.45) is 0 Å². The second-order valence-corrected chi connectivity index (χ2v) is 5.03. The summed E-state index contributed by atoms with van der Waals surface area (Å²) in [7, 11) is 0. The molecule has 2 rings (SSSR count). The van der Waals surface area contributed by atoms with Gasteiger partial charge in [-0.05, 0) is 67.4 Å². The smallest absolute Gasteiger partial charge is 0.263 e. The van der Waals surface area contributed by atoms with Crippen molar-refractivity contribution >= 4 is 16.8 Å².